The number of nitrogens with zero attached hydrogens (tertiary/aromatic N) is 1. The maximum absolute atomic E-state index is 12.9. The molecular formula is C14H18N2O5S. The Balaban J connectivity index is 2.08. The topological polar surface area (TPSA) is 92.6 Å². The fourth-order valence-electron chi connectivity index (χ4n) is 2.83. The largest absolute Gasteiger partial charge is 0.417 e. The molecule has 0 aliphatic carbocycles. The van der Waals surface area contributed by atoms with E-state index in [9.17, 15) is 13.2 Å². The van der Waals surface area contributed by atoms with Gasteiger partial charge < -0.3 is 9.15 Å². The third kappa shape index (κ3) is 2.57. The van der Waals surface area contributed by atoms with E-state index < -0.39 is 15.8 Å². The van der Waals surface area contributed by atoms with E-state index in [-0.39, 0.29) is 22.7 Å². The van der Waals surface area contributed by atoms with Gasteiger partial charge in [-0.25, -0.2) is 13.2 Å². The monoisotopic (exact) mass is 326 g/mol. The van der Waals surface area contributed by atoms with Crippen LogP contribution in [0, 0.1) is 6.92 Å². The highest BCUT2D eigenvalue weighted by Crippen LogP contribution is 2.26. The molecule has 1 aliphatic rings. The number of aromatic amines is 1. The molecule has 3 rings (SSSR count). The molecule has 1 fully saturated rings. The first-order valence-electron chi connectivity index (χ1n) is 7.06. The molecule has 7 nitrogen and oxygen atoms in total. The van der Waals surface area contributed by atoms with Crippen LogP contribution in [0.25, 0.3) is 11.1 Å². The molecule has 22 heavy (non-hydrogen) atoms. The van der Waals surface area contributed by atoms with E-state index in [0.29, 0.717) is 24.2 Å². The lowest BCUT2D eigenvalue weighted by Gasteiger charge is -2.34. The summed E-state index contributed by atoms with van der Waals surface area (Å²) in [5.41, 5.74) is 1.30. The van der Waals surface area contributed by atoms with E-state index in [1.807, 2.05) is 13.8 Å². The van der Waals surface area contributed by atoms with Crippen molar-refractivity contribution in [2.75, 3.05) is 13.1 Å². The number of aryl methyl sites for hydroxylation is 1. The second-order valence-electron chi connectivity index (χ2n) is 5.71. The first-order chi connectivity index (χ1) is 10.3. The van der Waals surface area contributed by atoms with Gasteiger partial charge in [0.25, 0.3) is 0 Å². The number of nitrogens with one attached hydrogen (secondary N) is 1. The lowest BCUT2D eigenvalue weighted by Crippen LogP contribution is -2.48. The molecular weight excluding hydrogens is 308 g/mol. The number of hydrogen-bond acceptors (Lipinski definition) is 5. The number of sulfonamides is 1. The van der Waals surface area contributed by atoms with E-state index >= 15 is 0 Å². The van der Waals surface area contributed by atoms with Crippen molar-refractivity contribution in [1.82, 2.24) is 9.29 Å². The summed E-state index contributed by atoms with van der Waals surface area (Å²) in [4.78, 5) is 13.9. The van der Waals surface area contributed by atoms with Crippen LogP contribution < -0.4 is 5.76 Å². The standard InChI is InChI=1S/C14H18N2O5S/c1-8-4-11-12(21-14(17)15-11)5-13(8)22(18,19)16-6-9(2)20-10(3)7-16/h4-5,9-10H,6-7H2,1-3H3,(H,15,17)/t9-,10+. The zero-order valence-electron chi connectivity index (χ0n) is 12.6. The Kier molecular flexibility index (Phi) is 3.62. The summed E-state index contributed by atoms with van der Waals surface area (Å²) in [5.74, 6) is -0.599. The molecule has 8 heteroatoms. The molecule has 2 atom stereocenters. The number of fused-ring (bicyclic) bond motifs is 1. The van der Waals surface area contributed by atoms with Crippen molar-refractivity contribution in [3.8, 4) is 0 Å². The Hall–Kier alpha value is -1.64. The lowest BCUT2D eigenvalue weighted by atomic mass is 10.2. The van der Waals surface area contributed by atoms with Crippen molar-refractivity contribution in [2.24, 2.45) is 0 Å². The van der Waals surface area contributed by atoms with E-state index in [1.165, 1.54) is 10.4 Å². The predicted octanol–water partition coefficient (Wildman–Crippen LogP) is 1.23. The second kappa shape index (κ2) is 5.22. The van der Waals surface area contributed by atoms with Gasteiger partial charge >= 0.3 is 5.76 Å². The molecule has 0 unspecified atom stereocenters. The molecule has 0 bridgehead atoms. The summed E-state index contributed by atoms with van der Waals surface area (Å²) in [7, 11) is -3.66. The number of ether oxygens (including phenoxy) is 1. The first-order valence-corrected chi connectivity index (χ1v) is 8.50. The molecule has 120 valence electrons. The van der Waals surface area contributed by atoms with Crippen molar-refractivity contribution in [3.63, 3.8) is 0 Å². The molecule has 0 spiro atoms. The summed E-state index contributed by atoms with van der Waals surface area (Å²) < 4.78 is 37.8. The van der Waals surface area contributed by atoms with Crippen LogP contribution in [0.2, 0.25) is 0 Å². The smallest absolute Gasteiger partial charge is 0.408 e. The highest BCUT2D eigenvalue weighted by atomic mass is 32.2. The Labute approximate surface area is 127 Å². The van der Waals surface area contributed by atoms with Gasteiger partial charge in [-0.05, 0) is 32.4 Å². The molecule has 1 aromatic carbocycles. The third-order valence-corrected chi connectivity index (χ3v) is 5.69. The number of oxazole rings is 1. The van der Waals surface area contributed by atoms with Crippen LogP contribution >= 0.6 is 0 Å². The average molecular weight is 326 g/mol. The zero-order valence-corrected chi connectivity index (χ0v) is 13.4. The molecule has 2 aromatic rings. The number of hydrogen-bond donors (Lipinski definition) is 1. The van der Waals surface area contributed by atoms with Crippen LogP contribution in [0.5, 0.6) is 0 Å². The molecule has 0 radical (unpaired) electrons. The molecule has 1 N–H and O–H groups in total. The first kappa shape index (κ1) is 15.3. The SMILES string of the molecule is Cc1cc2[nH]c(=O)oc2cc1S(=O)(=O)N1C[C@@H](C)O[C@@H](C)C1. The molecule has 0 amide bonds. The fourth-order valence-corrected chi connectivity index (χ4v) is 4.64. The minimum atomic E-state index is -3.66. The molecule has 1 saturated heterocycles. The van der Waals surface area contributed by atoms with Gasteiger partial charge in [0.05, 0.1) is 22.6 Å². The minimum absolute atomic E-state index is 0.157. The van der Waals surface area contributed by atoms with Crippen LogP contribution in [-0.2, 0) is 14.8 Å². The summed E-state index contributed by atoms with van der Waals surface area (Å²) in [6.45, 7) is 6.01. The fraction of sp³-hybridized carbons (Fsp3) is 0.500. The van der Waals surface area contributed by atoms with Gasteiger partial charge in [0.2, 0.25) is 10.0 Å². The Morgan fingerprint density at radius 3 is 2.50 bits per heavy atom. The maximum atomic E-state index is 12.9. The van der Waals surface area contributed by atoms with E-state index in [1.54, 1.807) is 13.0 Å². The van der Waals surface area contributed by atoms with E-state index in [0.717, 1.165) is 0 Å². The van der Waals surface area contributed by atoms with Crippen LogP contribution in [0.1, 0.15) is 19.4 Å². The van der Waals surface area contributed by atoms with Crippen LogP contribution in [0.15, 0.2) is 26.2 Å². The van der Waals surface area contributed by atoms with Crippen LogP contribution in [-0.4, -0.2) is 43.0 Å². The van der Waals surface area contributed by atoms with Crippen molar-refractivity contribution < 1.29 is 17.6 Å². The Morgan fingerprint density at radius 1 is 1.23 bits per heavy atom. The highest BCUT2D eigenvalue weighted by molar-refractivity contribution is 7.89. The zero-order chi connectivity index (χ0) is 16.1. The molecule has 1 aromatic heterocycles. The number of H-pyrrole nitrogens is 1. The summed E-state index contributed by atoms with van der Waals surface area (Å²) in [5, 5.41) is 0. The van der Waals surface area contributed by atoms with Gasteiger partial charge in [-0.15, -0.1) is 0 Å². The van der Waals surface area contributed by atoms with Gasteiger partial charge in [0, 0.05) is 19.2 Å². The molecule has 0 saturated carbocycles. The van der Waals surface area contributed by atoms with Crippen molar-refractivity contribution >= 4 is 21.1 Å². The second-order valence-corrected chi connectivity index (χ2v) is 7.61. The van der Waals surface area contributed by atoms with Gasteiger partial charge in [0.1, 0.15) is 0 Å². The molecule has 1 aliphatic heterocycles. The minimum Gasteiger partial charge on any atom is -0.408 e. The summed E-state index contributed by atoms with van der Waals surface area (Å²) in [6, 6.07) is 3.02. The number of benzene rings is 1. The van der Waals surface area contributed by atoms with Crippen molar-refractivity contribution in [1.29, 1.82) is 0 Å². The molecule has 2 heterocycles. The Morgan fingerprint density at radius 2 is 1.86 bits per heavy atom. The van der Waals surface area contributed by atoms with Gasteiger partial charge in [0.15, 0.2) is 5.58 Å². The van der Waals surface area contributed by atoms with E-state index in [2.05, 4.69) is 4.98 Å². The van der Waals surface area contributed by atoms with Crippen LogP contribution in [0.4, 0.5) is 0 Å². The van der Waals surface area contributed by atoms with Crippen molar-refractivity contribution in [3.05, 3.63) is 28.2 Å². The number of morpholine rings is 1. The van der Waals surface area contributed by atoms with Gasteiger partial charge in [-0.3, -0.25) is 4.98 Å². The lowest BCUT2D eigenvalue weighted by molar-refractivity contribution is -0.0440. The number of rotatable bonds is 2. The summed E-state index contributed by atoms with van der Waals surface area (Å²) >= 11 is 0. The van der Waals surface area contributed by atoms with Crippen molar-refractivity contribution in [2.45, 2.75) is 37.9 Å². The van der Waals surface area contributed by atoms with Crippen LogP contribution in [0.3, 0.4) is 0 Å². The highest BCUT2D eigenvalue weighted by Gasteiger charge is 2.33. The van der Waals surface area contributed by atoms with E-state index in [4.69, 9.17) is 9.15 Å². The Bertz CT molecular complexity index is 857. The van der Waals surface area contributed by atoms with Gasteiger partial charge in [-0.1, -0.05) is 0 Å². The third-order valence-electron chi connectivity index (χ3n) is 3.72. The quantitative estimate of drug-likeness (QED) is 0.896. The van der Waals surface area contributed by atoms with Gasteiger partial charge in [-0.2, -0.15) is 4.31 Å². The summed E-state index contributed by atoms with van der Waals surface area (Å²) in [6.07, 6.45) is -0.319. The predicted molar refractivity (Wildman–Crippen MR) is 80.3 cm³/mol. The maximum Gasteiger partial charge on any atom is 0.417 e. The average Bonchev–Trinajstić information content (AvgIpc) is 2.75. The number of aromatic nitrogens is 1. The normalized spacial score (nSPS) is 24.0.